The molecule has 0 aliphatic heterocycles. The normalized spacial score (nSPS) is 10.7. The van der Waals surface area contributed by atoms with Crippen molar-refractivity contribution in [1.29, 1.82) is 0 Å². The molecular formula is C24H17NO7. The van der Waals surface area contributed by atoms with E-state index in [2.05, 4.69) is 0 Å². The highest BCUT2D eigenvalue weighted by atomic mass is 16.6. The van der Waals surface area contributed by atoms with E-state index in [1.54, 1.807) is 42.5 Å². The number of aryl methyl sites for hydroxylation is 1. The maximum atomic E-state index is 13.3. The number of nitro benzene ring substituents is 1. The molecule has 0 aliphatic rings. The number of nitrogens with zero attached hydrogens (tertiary/aromatic N) is 1. The molecule has 32 heavy (non-hydrogen) atoms. The fourth-order valence-corrected chi connectivity index (χ4v) is 3.22. The first-order chi connectivity index (χ1) is 15.4. The topological polar surface area (TPSA) is 109 Å². The number of carbonyl (C=O) groups is 1. The van der Waals surface area contributed by atoms with E-state index in [9.17, 15) is 19.7 Å². The van der Waals surface area contributed by atoms with E-state index in [4.69, 9.17) is 13.9 Å². The van der Waals surface area contributed by atoms with Crippen molar-refractivity contribution in [3.05, 3.63) is 98.2 Å². The first kappa shape index (κ1) is 20.8. The monoisotopic (exact) mass is 431 g/mol. The van der Waals surface area contributed by atoms with Gasteiger partial charge in [0.15, 0.2) is 5.76 Å². The minimum absolute atomic E-state index is 0.0628. The minimum atomic E-state index is -0.914. The second kappa shape index (κ2) is 8.35. The van der Waals surface area contributed by atoms with Gasteiger partial charge in [0.25, 0.3) is 5.69 Å². The number of rotatable bonds is 5. The number of esters is 1. The van der Waals surface area contributed by atoms with Crippen LogP contribution in [0.25, 0.3) is 22.3 Å². The van der Waals surface area contributed by atoms with E-state index in [0.29, 0.717) is 16.9 Å². The average Bonchev–Trinajstić information content (AvgIpc) is 2.81. The summed E-state index contributed by atoms with van der Waals surface area (Å²) in [5.41, 5.74) is 0.797. The Morgan fingerprint density at radius 2 is 1.78 bits per heavy atom. The van der Waals surface area contributed by atoms with Crippen molar-refractivity contribution in [1.82, 2.24) is 0 Å². The number of nitro groups is 1. The van der Waals surface area contributed by atoms with Gasteiger partial charge in [0.2, 0.25) is 11.2 Å². The van der Waals surface area contributed by atoms with Crippen LogP contribution in [0.15, 0.2) is 75.9 Å². The van der Waals surface area contributed by atoms with Gasteiger partial charge in [-0.25, -0.2) is 4.79 Å². The first-order valence-electron chi connectivity index (χ1n) is 9.56. The van der Waals surface area contributed by atoms with Crippen LogP contribution in [0.4, 0.5) is 5.69 Å². The highest BCUT2D eigenvalue weighted by molar-refractivity contribution is 5.93. The molecule has 3 aromatic carbocycles. The smallest absolute Gasteiger partial charge is 0.344 e. The van der Waals surface area contributed by atoms with Gasteiger partial charge in [-0.3, -0.25) is 14.9 Å². The van der Waals surface area contributed by atoms with E-state index in [1.165, 1.54) is 25.3 Å². The molecule has 1 heterocycles. The van der Waals surface area contributed by atoms with Gasteiger partial charge in [0.05, 0.1) is 23.0 Å². The van der Waals surface area contributed by atoms with Crippen LogP contribution in [-0.2, 0) is 0 Å². The second-order valence-electron chi connectivity index (χ2n) is 7.01. The van der Waals surface area contributed by atoms with Crippen molar-refractivity contribution >= 4 is 22.6 Å². The first-order valence-corrected chi connectivity index (χ1v) is 9.56. The molecule has 0 spiro atoms. The van der Waals surface area contributed by atoms with Gasteiger partial charge in [-0.15, -0.1) is 0 Å². The molecule has 1 aromatic heterocycles. The van der Waals surface area contributed by atoms with Crippen molar-refractivity contribution in [2.45, 2.75) is 6.92 Å². The summed E-state index contributed by atoms with van der Waals surface area (Å²) in [6, 6.07) is 16.9. The van der Waals surface area contributed by atoms with E-state index < -0.39 is 16.3 Å². The zero-order valence-corrected chi connectivity index (χ0v) is 17.2. The largest absolute Gasteiger partial charge is 0.497 e. The van der Waals surface area contributed by atoms with Crippen LogP contribution in [0.3, 0.4) is 0 Å². The van der Waals surface area contributed by atoms with Gasteiger partial charge in [-0.1, -0.05) is 17.7 Å². The third-order valence-electron chi connectivity index (χ3n) is 4.84. The molecule has 8 heteroatoms. The van der Waals surface area contributed by atoms with Crippen LogP contribution in [0.1, 0.15) is 15.9 Å². The van der Waals surface area contributed by atoms with Crippen LogP contribution in [-0.4, -0.2) is 18.0 Å². The molecule has 0 atom stereocenters. The molecular weight excluding hydrogens is 414 g/mol. The van der Waals surface area contributed by atoms with Crippen LogP contribution in [0, 0.1) is 17.0 Å². The summed E-state index contributed by atoms with van der Waals surface area (Å²) < 4.78 is 16.6. The molecule has 0 saturated carbocycles. The van der Waals surface area contributed by atoms with Crippen molar-refractivity contribution < 1.29 is 23.6 Å². The number of carbonyl (C=O) groups excluding carboxylic acids is 1. The predicted octanol–water partition coefficient (Wildman–Crippen LogP) is 4.90. The molecule has 0 bridgehead atoms. The lowest BCUT2D eigenvalue weighted by molar-refractivity contribution is -0.384. The maximum Gasteiger partial charge on any atom is 0.344 e. The molecule has 4 rings (SSSR count). The van der Waals surface area contributed by atoms with Crippen LogP contribution in [0.5, 0.6) is 11.5 Å². The van der Waals surface area contributed by atoms with Crippen LogP contribution >= 0.6 is 0 Å². The number of ether oxygens (including phenoxy) is 2. The minimum Gasteiger partial charge on any atom is -0.497 e. The molecule has 4 aromatic rings. The van der Waals surface area contributed by atoms with E-state index in [-0.39, 0.29) is 28.1 Å². The van der Waals surface area contributed by atoms with Crippen molar-refractivity contribution in [2.75, 3.05) is 7.11 Å². The molecule has 0 amide bonds. The molecule has 8 nitrogen and oxygen atoms in total. The van der Waals surface area contributed by atoms with E-state index in [0.717, 1.165) is 11.6 Å². The molecule has 0 saturated heterocycles. The van der Waals surface area contributed by atoms with Gasteiger partial charge in [-0.05, 0) is 49.4 Å². The van der Waals surface area contributed by atoms with Gasteiger partial charge in [-0.2, -0.15) is 0 Å². The quantitative estimate of drug-likeness (QED) is 0.251. The Labute approximate surface area is 181 Å². The summed E-state index contributed by atoms with van der Waals surface area (Å²) >= 11 is 0. The number of methoxy groups -OCH3 is 1. The maximum absolute atomic E-state index is 13.3. The second-order valence-corrected chi connectivity index (χ2v) is 7.01. The Balaban J connectivity index is 1.86. The number of hydrogen-bond acceptors (Lipinski definition) is 7. The number of fused-ring (bicyclic) bond motifs is 1. The Bertz CT molecular complexity index is 1400. The van der Waals surface area contributed by atoms with E-state index in [1.807, 2.05) is 6.92 Å². The number of hydrogen-bond donors (Lipinski definition) is 0. The summed E-state index contributed by atoms with van der Waals surface area (Å²) in [5.74, 6) is -0.553. The van der Waals surface area contributed by atoms with Crippen molar-refractivity contribution in [2.24, 2.45) is 0 Å². The SMILES string of the molecule is COc1ccc(-c2oc3ccc(C)cc3c(=O)c2OC(=O)c2cccc([N+](=O)[O-])c2)cc1. The fraction of sp³-hybridized carbons (Fsp3) is 0.0833. The summed E-state index contributed by atoms with van der Waals surface area (Å²) in [4.78, 5) is 36.5. The highest BCUT2D eigenvalue weighted by Gasteiger charge is 2.22. The highest BCUT2D eigenvalue weighted by Crippen LogP contribution is 2.32. The Morgan fingerprint density at radius 1 is 1.03 bits per heavy atom. The van der Waals surface area contributed by atoms with Crippen molar-refractivity contribution in [3.8, 4) is 22.8 Å². The molecule has 0 fully saturated rings. The Hall–Kier alpha value is -4.46. The molecule has 160 valence electrons. The average molecular weight is 431 g/mol. The van der Waals surface area contributed by atoms with E-state index >= 15 is 0 Å². The third kappa shape index (κ3) is 3.93. The Morgan fingerprint density at radius 3 is 2.47 bits per heavy atom. The lowest BCUT2D eigenvalue weighted by atomic mass is 10.1. The van der Waals surface area contributed by atoms with Crippen LogP contribution < -0.4 is 14.9 Å². The molecule has 0 radical (unpaired) electrons. The summed E-state index contributed by atoms with van der Waals surface area (Å²) in [7, 11) is 1.53. The molecule has 0 N–H and O–H groups in total. The van der Waals surface area contributed by atoms with Crippen molar-refractivity contribution in [3.63, 3.8) is 0 Å². The lowest BCUT2D eigenvalue weighted by Crippen LogP contribution is -2.16. The molecule has 0 unspecified atom stereocenters. The van der Waals surface area contributed by atoms with Gasteiger partial charge in [0, 0.05) is 17.7 Å². The Kier molecular flexibility index (Phi) is 5.43. The predicted molar refractivity (Wildman–Crippen MR) is 117 cm³/mol. The van der Waals surface area contributed by atoms with Gasteiger partial charge < -0.3 is 13.9 Å². The van der Waals surface area contributed by atoms with Gasteiger partial charge in [0.1, 0.15) is 11.3 Å². The standard InChI is InChI=1S/C24H17NO7/c1-14-6-11-20-19(12-14)21(26)23(22(31-20)15-7-9-18(30-2)10-8-15)32-24(27)16-4-3-5-17(13-16)25(28)29/h3-13H,1-2H3. The summed E-state index contributed by atoms with van der Waals surface area (Å²) in [5, 5.41) is 11.3. The zero-order chi connectivity index (χ0) is 22.8. The zero-order valence-electron chi connectivity index (χ0n) is 17.2. The number of non-ortho nitro benzene ring substituents is 1. The third-order valence-corrected chi connectivity index (χ3v) is 4.84. The number of benzene rings is 3. The van der Waals surface area contributed by atoms with Crippen LogP contribution in [0.2, 0.25) is 0 Å². The fourth-order valence-electron chi connectivity index (χ4n) is 3.22. The lowest BCUT2D eigenvalue weighted by Gasteiger charge is -2.11. The summed E-state index contributed by atoms with van der Waals surface area (Å²) in [6.07, 6.45) is 0. The van der Waals surface area contributed by atoms with Gasteiger partial charge >= 0.3 is 5.97 Å². The molecule has 0 aliphatic carbocycles. The summed E-state index contributed by atoms with van der Waals surface area (Å²) in [6.45, 7) is 1.82.